The number of carbonyl (C=O) groups excluding carboxylic acids is 2. The molecule has 0 aliphatic heterocycles. The Morgan fingerprint density at radius 2 is 1.61 bits per heavy atom. The number of rotatable bonds is 6. The molecule has 0 spiro atoms. The Bertz CT molecular complexity index is 1240. The van der Waals surface area contributed by atoms with Gasteiger partial charge in [-0.2, -0.15) is 0 Å². The van der Waals surface area contributed by atoms with Crippen LogP contribution in [0.4, 0.5) is 5.69 Å². The smallest absolute Gasteiger partial charge is 0.251 e. The minimum Gasteiger partial charge on any atom is -0.348 e. The normalized spacial score (nSPS) is 11.1. The van der Waals surface area contributed by atoms with Crippen LogP contribution in [0.3, 0.4) is 0 Å². The van der Waals surface area contributed by atoms with Crippen LogP contribution in [0, 0.1) is 0 Å². The maximum Gasteiger partial charge on any atom is 0.251 e. The molecule has 3 rings (SSSR count). The number of anilines is 1. The van der Waals surface area contributed by atoms with E-state index in [2.05, 4.69) is 10.6 Å². The molecule has 3 aromatic rings. The second kappa shape index (κ2) is 9.51. The van der Waals surface area contributed by atoms with Gasteiger partial charge in [0, 0.05) is 29.1 Å². The van der Waals surface area contributed by atoms with Gasteiger partial charge in [0.05, 0.1) is 15.5 Å². The first-order valence-electron chi connectivity index (χ1n) is 9.12. The standard InChI is InChI=1S/C22H18Cl2N2O4S/c1-14(27)26-20-12-15(22(28)25-13-16-4-2-3-5-19(16)24)6-11-21(20)31(29,30)18-9-7-17(23)8-10-18/h2-12H,13H2,1H3,(H,25,28)(H,26,27). The maximum absolute atomic E-state index is 13.1. The average molecular weight is 477 g/mol. The molecule has 0 bridgehead atoms. The Kier molecular flexibility index (Phi) is 7.00. The lowest BCUT2D eigenvalue weighted by Gasteiger charge is -2.13. The molecule has 0 fully saturated rings. The number of benzene rings is 3. The predicted molar refractivity (Wildman–Crippen MR) is 120 cm³/mol. The minimum atomic E-state index is -3.96. The molecule has 0 heterocycles. The van der Waals surface area contributed by atoms with E-state index in [-0.39, 0.29) is 27.6 Å². The van der Waals surface area contributed by atoms with Gasteiger partial charge in [0.2, 0.25) is 15.7 Å². The third-order valence-corrected chi connectivity index (χ3v) is 6.81. The molecule has 0 unspecified atom stereocenters. The van der Waals surface area contributed by atoms with Gasteiger partial charge >= 0.3 is 0 Å². The van der Waals surface area contributed by atoms with Crippen molar-refractivity contribution in [3.05, 3.63) is 87.9 Å². The van der Waals surface area contributed by atoms with Gasteiger partial charge in [0.1, 0.15) is 0 Å². The molecule has 0 saturated heterocycles. The van der Waals surface area contributed by atoms with Gasteiger partial charge in [-0.05, 0) is 54.1 Å². The Balaban J connectivity index is 1.92. The van der Waals surface area contributed by atoms with Gasteiger partial charge in [0.25, 0.3) is 5.91 Å². The van der Waals surface area contributed by atoms with Gasteiger partial charge in [-0.25, -0.2) is 8.42 Å². The van der Waals surface area contributed by atoms with Gasteiger partial charge in [0.15, 0.2) is 0 Å². The van der Waals surface area contributed by atoms with Crippen LogP contribution >= 0.6 is 23.2 Å². The molecule has 0 aliphatic carbocycles. The SMILES string of the molecule is CC(=O)Nc1cc(C(=O)NCc2ccccc2Cl)ccc1S(=O)(=O)c1ccc(Cl)cc1. The largest absolute Gasteiger partial charge is 0.348 e. The molecule has 31 heavy (non-hydrogen) atoms. The van der Waals surface area contributed by atoms with Crippen molar-refractivity contribution in [2.75, 3.05) is 5.32 Å². The molecule has 2 amide bonds. The van der Waals surface area contributed by atoms with Crippen molar-refractivity contribution in [3.8, 4) is 0 Å². The third kappa shape index (κ3) is 5.44. The number of halogens is 2. The Labute approximate surface area is 190 Å². The van der Waals surface area contributed by atoms with E-state index >= 15 is 0 Å². The quantitative estimate of drug-likeness (QED) is 0.538. The Morgan fingerprint density at radius 3 is 2.26 bits per heavy atom. The first-order chi connectivity index (χ1) is 14.7. The summed E-state index contributed by atoms with van der Waals surface area (Å²) in [5, 5.41) is 6.14. The average Bonchev–Trinajstić information content (AvgIpc) is 2.72. The number of nitrogens with one attached hydrogen (secondary N) is 2. The molecule has 0 aromatic heterocycles. The second-order valence-electron chi connectivity index (χ2n) is 6.62. The summed E-state index contributed by atoms with van der Waals surface area (Å²) in [5.74, 6) is -0.914. The molecule has 3 aromatic carbocycles. The van der Waals surface area contributed by atoms with Crippen molar-refractivity contribution in [3.63, 3.8) is 0 Å². The molecule has 6 nitrogen and oxygen atoms in total. The molecular formula is C22H18Cl2N2O4S. The molecule has 0 radical (unpaired) electrons. The molecule has 9 heteroatoms. The molecule has 160 valence electrons. The highest BCUT2D eigenvalue weighted by atomic mass is 35.5. The Morgan fingerprint density at radius 1 is 0.935 bits per heavy atom. The van der Waals surface area contributed by atoms with E-state index in [1.54, 1.807) is 24.3 Å². The predicted octanol–water partition coefficient (Wildman–Crippen LogP) is 4.71. The van der Waals surface area contributed by atoms with E-state index in [1.165, 1.54) is 49.4 Å². The van der Waals surface area contributed by atoms with Crippen LogP contribution in [0.2, 0.25) is 10.0 Å². The third-order valence-electron chi connectivity index (χ3n) is 4.36. The van der Waals surface area contributed by atoms with Crippen molar-refractivity contribution < 1.29 is 18.0 Å². The fourth-order valence-corrected chi connectivity index (χ4v) is 4.58. The van der Waals surface area contributed by atoms with Crippen LogP contribution in [-0.4, -0.2) is 20.2 Å². The van der Waals surface area contributed by atoms with E-state index in [0.29, 0.717) is 10.0 Å². The first-order valence-corrected chi connectivity index (χ1v) is 11.4. The number of carbonyl (C=O) groups is 2. The molecule has 0 atom stereocenters. The van der Waals surface area contributed by atoms with Crippen LogP contribution in [0.1, 0.15) is 22.8 Å². The fraction of sp³-hybridized carbons (Fsp3) is 0.0909. The van der Waals surface area contributed by atoms with Crippen molar-refractivity contribution >= 4 is 50.5 Å². The summed E-state index contributed by atoms with van der Waals surface area (Å²) < 4.78 is 26.1. The molecule has 2 N–H and O–H groups in total. The van der Waals surface area contributed by atoms with E-state index in [0.717, 1.165) is 5.56 Å². The highest BCUT2D eigenvalue weighted by Gasteiger charge is 2.23. The summed E-state index contributed by atoms with van der Waals surface area (Å²) in [5.41, 5.74) is 0.931. The van der Waals surface area contributed by atoms with Gasteiger partial charge in [-0.1, -0.05) is 41.4 Å². The topological polar surface area (TPSA) is 92.3 Å². The summed E-state index contributed by atoms with van der Waals surface area (Å²) >= 11 is 11.9. The number of sulfone groups is 1. The molecular weight excluding hydrogens is 459 g/mol. The number of amides is 2. The van der Waals surface area contributed by atoms with Gasteiger partial charge in [-0.3, -0.25) is 9.59 Å². The fourth-order valence-electron chi connectivity index (χ4n) is 2.85. The first kappa shape index (κ1) is 22.8. The van der Waals surface area contributed by atoms with E-state index in [9.17, 15) is 18.0 Å². The molecule has 0 saturated carbocycles. The summed E-state index contributed by atoms with van der Waals surface area (Å²) in [6.45, 7) is 1.45. The highest BCUT2D eigenvalue weighted by Crippen LogP contribution is 2.29. The van der Waals surface area contributed by atoms with Crippen molar-refractivity contribution in [1.29, 1.82) is 0 Å². The zero-order chi connectivity index (χ0) is 22.6. The maximum atomic E-state index is 13.1. The zero-order valence-electron chi connectivity index (χ0n) is 16.4. The monoisotopic (exact) mass is 476 g/mol. The lowest BCUT2D eigenvalue weighted by Crippen LogP contribution is -2.23. The van der Waals surface area contributed by atoms with Crippen LogP contribution in [-0.2, 0) is 21.2 Å². The van der Waals surface area contributed by atoms with Crippen LogP contribution < -0.4 is 10.6 Å². The highest BCUT2D eigenvalue weighted by molar-refractivity contribution is 7.91. The van der Waals surface area contributed by atoms with E-state index in [1.807, 2.05) is 0 Å². The van der Waals surface area contributed by atoms with Crippen molar-refractivity contribution in [1.82, 2.24) is 5.32 Å². The van der Waals surface area contributed by atoms with Crippen molar-refractivity contribution in [2.45, 2.75) is 23.3 Å². The van der Waals surface area contributed by atoms with Gasteiger partial charge in [-0.15, -0.1) is 0 Å². The minimum absolute atomic E-state index is 0.00726. The van der Waals surface area contributed by atoms with Crippen LogP contribution in [0.15, 0.2) is 76.5 Å². The van der Waals surface area contributed by atoms with Crippen LogP contribution in [0.25, 0.3) is 0 Å². The van der Waals surface area contributed by atoms with E-state index < -0.39 is 21.7 Å². The van der Waals surface area contributed by atoms with Gasteiger partial charge < -0.3 is 10.6 Å². The Hall–Kier alpha value is -2.87. The molecule has 0 aliphatic rings. The summed E-state index contributed by atoms with van der Waals surface area (Å²) in [6.07, 6.45) is 0. The van der Waals surface area contributed by atoms with E-state index in [4.69, 9.17) is 23.2 Å². The van der Waals surface area contributed by atoms with Crippen molar-refractivity contribution in [2.24, 2.45) is 0 Å². The lowest BCUT2D eigenvalue weighted by molar-refractivity contribution is -0.114. The number of hydrogen-bond donors (Lipinski definition) is 2. The zero-order valence-corrected chi connectivity index (χ0v) is 18.7. The summed E-state index contributed by atoms with van der Waals surface area (Å²) in [4.78, 5) is 24.2. The number of hydrogen-bond acceptors (Lipinski definition) is 4. The summed E-state index contributed by atoms with van der Waals surface area (Å²) in [6, 6.07) is 16.8. The van der Waals surface area contributed by atoms with Crippen LogP contribution in [0.5, 0.6) is 0 Å². The summed E-state index contributed by atoms with van der Waals surface area (Å²) in [7, 11) is -3.96. The lowest BCUT2D eigenvalue weighted by atomic mass is 10.1. The second-order valence-corrected chi connectivity index (χ2v) is 9.39.